The van der Waals surface area contributed by atoms with Gasteiger partial charge in [-0.3, -0.25) is 4.79 Å². The first-order valence-electron chi connectivity index (χ1n) is 5.54. The molecular weight excluding hydrogens is 218 g/mol. The molecule has 94 valence electrons. The second-order valence-corrected chi connectivity index (χ2v) is 3.98. The molecule has 1 rings (SSSR count). The number of benzene rings is 1. The van der Waals surface area contributed by atoms with E-state index in [1.807, 2.05) is 25.1 Å². The van der Waals surface area contributed by atoms with Gasteiger partial charge in [-0.1, -0.05) is 6.07 Å². The van der Waals surface area contributed by atoms with Crippen molar-refractivity contribution in [2.24, 2.45) is 0 Å². The summed E-state index contributed by atoms with van der Waals surface area (Å²) in [4.78, 5) is 10.9. The van der Waals surface area contributed by atoms with E-state index in [-0.39, 0.29) is 11.9 Å². The van der Waals surface area contributed by atoms with Crippen LogP contribution in [0.4, 0.5) is 0 Å². The highest BCUT2D eigenvalue weighted by Gasteiger charge is 2.10. The Kier molecular flexibility index (Phi) is 4.82. The van der Waals surface area contributed by atoms with Gasteiger partial charge in [0.25, 0.3) is 0 Å². The van der Waals surface area contributed by atoms with Crippen molar-refractivity contribution < 1.29 is 14.3 Å². The lowest BCUT2D eigenvalue weighted by molar-refractivity contribution is -0.119. The highest BCUT2D eigenvalue weighted by Crippen LogP contribution is 2.25. The summed E-state index contributed by atoms with van der Waals surface area (Å²) >= 11 is 0. The lowest BCUT2D eigenvalue weighted by Gasteiger charge is -2.15. The van der Waals surface area contributed by atoms with Gasteiger partial charge in [0.05, 0.1) is 14.2 Å². The fourth-order valence-electron chi connectivity index (χ4n) is 1.75. The third-order valence-corrected chi connectivity index (χ3v) is 2.47. The monoisotopic (exact) mass is 237 g/mol. The Morgan fingerprint density at radius 2 is 2.06 bits per heavy atom. The number of amides is 1. The molecule has 0 unspecified atom stereocenters. The van der Waals surface area contributed by atoms with Crippen molar-refractivity contribution >= 4 is 5.91 Å². The Morgan fingerprint density at radius 1 is 1.35 bits per heavy atom. The van der Waals surface area contributed by atoms with Crippen LogP contribution >= 0.6 is 0 Å². The van der Waals surface area contributed by atoms with Gasteiger partial charge < -0.3 is 14.8 Å². The van der Waals surface area contributed by atoms with Crippen molar-refractivity contribution in [3.05, 3.63) is 23.8 Å². The van der Waals surface area contributed by atoms with Crippen LogP contribution in [0, 0.1) is 0 Å². The van der Waals surface area contributed by atoms with E-state index in [1.54, 1.807) is 14.2 Å². The van der Waals surface area contributed by atoms with Gasteiger partial charge in [-0.2, -0.15) is 0 Å². The number of ether oxygens (including phenoxy) is 2. The molecule has 0 radical (unpaired) electrons. The summed E-state index contributed by atoms with van der Waals surface area (Å²) in [6.45, 7) is 3.48. The molecule has 0 aliphatic rings. The molecular formula is C13H19NO3. The summed E-state index contributed by atoms with van der Waals surface area (Å²) in [5.41, 5.74) is 1.05. The topological polar surface area (TPSA) is 47.6 Å². The van der Waals surface area contributed by atoms with Crippen molar-refractivity contribution in [3.63, 3.8) is 0 Å². The van der Waals surface area contributed by atoms with Gasteiger partial charge in [0, 0.05) is 19.0 Å². The highest BCUT2D eigenvalue weighted by atomic mass is 16.5. The average molecular weight is 237 g/mol. The van der Waals surface area contributed by atoms with Crippen molar-refractivity contribution in [1.29, 1.82) is 0 Å². The molecule has 1 atom stereocenters. The molecule has 4 nitrogen and oxygen atoms in total. The molecule has 0 aliphatic heterocycles. The average Bonchev–Trinajstić information content (AvgIpc) is 2.28. The second kappa shape index (κ2) is 6.13. The van der Waals surface area contributed by atoms with Crippen LogP contribution in [0.5, 0.6) is 11.5 Å². The van der Waals surface area contributed by atoms with Gasteiger partial charge in [-0.25, -0.2) is 0 Å². The first kappa shape index (κ1) is 13.4. The molecule has 0 spiro atoms. The molecule has 0 fully saturated rings. The van der Waals surface area contributed by atoms with E-state index in [4.69, 9.17) is 9.47 Å². The molecule has 4 heteroatoms. The lowest BCUT2D eigenvalue weighted by Crippen LogP contribution is -2.32. The molecule has 0 saturated heterocycles. The van der Waals surface area contributed by atoms with Crippen molar-refractivity contribution in [1.82, 2.24) is 5.32 Å². The normalized spacial score (nSPS) is 11.8. The summed E-state index contributed by atoms with van der Waals surface area (Å²) in [6, 6.07) is 5.76. The van der Waals surface area contributed by atoms with Gasteiger partial charge >= 0.3 is 0 Å². The predicted octanol–water partition coefficient (Wildman–Crippen LogP) is 1.77. The van der Waals surface area contributed by atoms with Gasteiger partial charge in [0.15, 0.2) is 0 Å². The minimum absolute atomic E-state index is 0.0232. The second-order valence-electron chi connectivity index (χ2n) is 3.98. The fourth-order valence-corrected chi connectivity index (χ4v) is 1.75. The number of carbonyl (C=O) groups excluding carboxylic acids is 1. The summed E-state index contributed by atoms with van der Waals surface area (Å²) in [5.74, 6) is 1.52. The molecule has 0 saturated carbocycles. The fraction of sp³-hybridized carbons (Fsp3) is 0.462. The van der Waals surface area contributed by atoms with Crippen LogP contribution < -0.4 is 14.8 Å². The van der Waals surface area contributed by atoms with Crippen molar-refractivity contribution in [3.8, 4) is 11.5 Å². The number of nitrogens with one attached hydrogen (secondary N) is 1. The number of rotatable bonds is 5. The zero-order valence-corrected chi connectivity index (χ0v) is 10.7. The maximum atomic E-state index is 10.9. The van der Waals surface area contributed by atoms with Gasteiger partial charge in [-0.05, 0) is 25.0 Å². The molecule has 0 heterocycles. The van der Waals surface area contributed by atoms with Crippen molar-refractivity contribution in [2.75, 3.05) is 14.2 Å². The van der Waals surface area contributed by atoms with Gasteiger partial charge in [-0.15, -0.1) is 0 Å². The largest absolute Gasteiger partial charge is 0.497 e. The van der Waals surface area contributed by atoms with Crippen LogP contribution in [0.15, 0.2) is 18.2 Å². The molecule has 0 aromatic heterocycles. The minimum Gasteiger partial charge on any atom is -0.497 e. The van der Waals surface area contributed by atoms with Crippen molar-refractivity contribution in [2.45, 2.75) is 26.3 Å². The highest BCUT2D eigenvalue weighted by molar-refractivity contribution is 5.73. The molecule has 1 N–H and O–H groups in total. The molecule has 0 aliphatic carbocycles. The number of carbonyl (C=O) groups is 1. The maximum Gasteiger partial charge on any atom is 0.217 e. The summed E-state index contributed by atoms with van der Waals surface area (Å²) < 4.78 is 10.4. The number of methoxy groups -OCH3 is 2. The summed E-state index contributed by atoms with van der Waals surface area (Å²) in [6.07, 6.45) is 0.729. The first-order valence-corrected chi connectivity index (χ1v) is 5.54. The quantitative estimate of drug-likeness (QED) is 0.849. The third-order valence-electron chi connectivity index (χ3n) is 2.47. The maximum absolute atomic E-state index is 10.9. The van der Waals surface area contributed by atoms with Gasteiger partial charge in [0.1, 0.15) is 11.5 Å². The number of hydrogen-bond acceptors (Lipinski definition) is 3. The summed E-state index contributed by atoms with van der Waals surface area (Å²) in [5, 5.41) is 2.85. The first-order chi connectivity index (χ1) is 8.06. The Labute approximate surface area is 102 Å². The standard InChI is InChI=1S/C13H19NO3/c1-9(14-10(2)15)7-11-5-6-12(16-3)8-13(11)17-4/h5-6,8-9H,7H2,1-4H3,(H,14,15)/t9-/m1/s1. The van der Waals surface area contributed by atoms with E-state index in [0.717, 1.165) is 23.5 Å². The van der Waals surface area contributed by atoms with Crippen LogP contribution in [0.1, 0.15) is 19.4 Å². The Morgan fingerprint density at radius 3 is 2.59 bits per heavy atom. The van der Waals surface area contributed by atoms with Crippen LogP contribution in [0.2, 0.25) is 0 Å². The van der Waals surface area contributed by atoms with E-state index >= 15 is 0 Å². The molecule has 17 heavy (non-hydrogen) atoms. The Bertz CT molecular complexity index is 390. The Balaban J connectivity index is 2.79. The minimum atomic E-state index is -0.0232. The van der Waals surface area contributed by atoms with Gasteiger partial charge in [0.2, 0.25) is 5.91 Å². The van der Waals surface area contributed by atoms with E-state index in [1.165, 1.54) is 6.92 Å². The zero-order valence-electron chi connectivity index (χ0n) is 10.7. The zero-order chi connectivity index (χ0) is 12.8. The predicted molar refractivity (Wildman–Crippen MR) is 66.5 cm³/mol. The summed E-state index contributed by atoms with van der Waals surface area (Å²) in [7, 11) is 3.25. The van der Waals surface area contributed by atoms with E-state index in [0.29, 0.717) is 0 Å². The lowest BCUT2D eigenvalue weighted by atomic mass is 10.1. The van der Waals surface area contributed by atoms with Crippen LogP contribution in [0.25, 0.3) is 0 Å². The molecule has 1 aromatic rings. The van der Waals surface area contributed by atoms with Crippen LogP contribution in [-0.2, 0) is 11.2 Å². The SMILES string of the molecule is COc1ccc(C[C@@H](C)NC(C)=O)c(OC)c1. The van der Waals surface area contributed by atoms with E-state index in [2.05, 4.69) is 5.32 Å². The van der Waals surface area contributed by atoms with Crippen LogP contribution in [-0.4, -0.2) is 26.2 Å². The molecule has 1 aromatic carbocycles. The third kappa shape index (κ3) is 3.98. The molecule has 0 bridgehead atoms. The number of hydrogen-bond donors (Lipinski definition) is 1. The molecule has 1 amide bonds. The van der Waals surface area contributed by atoms with E-state index < -0.39 is 0 Å². The van der Waals surface area contributed by atoms with Crippen LogP contribution in [0.3, 0.4) is 0 Å². The van der Waals surface area contributed by atoms with E-state index in [9.17, 15) is 4.79 Å². The Hall–Kier alpha value is -1.71. The smallest absolute Gasteiger partial charge is 0.217 e.